The first-order chi connectivity index (χ1) is 6.40. The molecule has 3 heteroatoms. The Balaban J connectivity index is 2.04. The number of nitrogens with zero attached hydrogens (tertiary/aromatic N) is 3. The summed E-state index contributed by atoms with van der Waals surface area (Å²) in [5, 5.41) is 0. The van der Waals surface area contributed by atoms with Crippen LogP contribution in [0.4, 0.5) is 0 Å². The highest BCUT2D eigenvalue weighted by Gasteiger charge is 2.23. The molecule has 0 aliphatic carbocycles. The molecule has 1 saturated heterocycles. The van der Waals surface area contributed by atoms with Crippen LogP contribution in [-0.2, 0) is 0 Å². The average molecular weight is 177 g/mol. The van der Waals surface area contributed by atoms with Crippen LogP contribution >= 0.6 is 0 Å². The normalized spacial score (nSPS) is 23.6. The molecule has 0 spiro atoms. The third kappa shape index (κ3) is 1.86. The molecular weight excluding hydrogens is 162 g/mol. The predicted molar refractivity (Wildman–Crippen MR) is 51.5 cm³/mol. The molecule has 1 aromatic heterocycles. The fourth-order valence-electron chi connectivity index (χ4n) is 1.88. The molecule has 1 aromatic rings. The predicted octanol–water partition coefficient (Wildman–Crippen LogP) is 1.29. The fraction of sp³-hybridized carbons (Fsp3) is 0.600. The maximum absolute atomic E-state index is 4.34. The molecule has 0 saturated carbocycles. The zero-order chi connectivity index (χ0) is 9.10. The lowest BCUT2D eigenvalue weighted by atomic mass is 10.1. The van der Waals surface area contributed by atoms with Crippen LogP contribution in [0.1, 0.15) is 25.0 Å². The molecule has 13 heavy (non-hydrogen) atoms. The van der Waals surface area contributed by atoms with E-state index in [2.05, 4.69) is 21.8 Å². The SMILES string of the molecule is CCN1CCC(c2cnccn2)C1. The van der Waals surface area contributed by atoms with Gasteiger partial charge in [-0.15, -0.1) is 0 Å². The van der Waals surface area contributed by atoms with E-state index < -0.39 is 0 Å². The van der Waals surface area contributed by atoms with E-state index in [0.717, 1.165) is 18.8 Å². The number of likely N-dealkylation sites (N-methyl/N-ethyl adjacent to an activating group) is 1. The van der Waals surface area contributed by atoms with Crippen LogP contribution in [0.2, 0.25) is 0 Å². The van der Waals surface area contributed by atoms with Gasteiger partial charge in [0.2, 0.25) is 0 Å². The highest BCUT2D eigenvalue weighted by Crippen LogP contribution is 2.24. The molecule has 1 atom stereocenters. The molecule has 0 N–H and O–H groups in total. The molecule has 0 bridgehead atoms. The van der Waals surface area contributed by atoms with Crippen molar-refractivity contribution in [1.82, 2.24) is 14.9 Å². The third-order valence-corrected chi connectivity index (χ3v) is 2.72. The molecule has 0 aromatic carbocycles. The summed E-state index contributed by atoms with van der Waals surface area (Å²) in [6, 6.07) is 0. The van der Waals surface area contributed by atoms with Crippen LogP contribution in [0.15, 0.2) is 18.6 Å². The van der Waals surface area contributed by atoms with Crippen molar-refractivity contribution in [3.05, 3.63) is 24.3 Å². The van der Waals surface area contributed by atoms with Crippen LogP contribution in [-0.4, -0.2) is 34.5 Å². The summed E-state index contributed by atoms with van der Waals surface area (Å²) in [6.45, 7) is 5.71. The smallest absolute Gasteiger partial charge is 0.0630 e. The fourth-order valence-corrected chi connectivity index (χ4v) is 1.88. The molecule has 2 rings (SSSR count). The summed E-state index contributed by atoms with van der Waals surface area (Å²) in [4.78, 5) is 10.9. The van der Waals surface area contributed by atoms with Gasteiger partial charge < -0.3 is 4.90 Å². The monoisotopic (exact) mass is 177 g/mol. The first-order valence-electron chi connectivity index (χ1n) is 4.88. The first kappa shape index (κ1) is 8.63. The molecule has 2 heterocycles. The molecule has 1 fully saturated rings. The first-order valence-corrected chi connectivity index (χ1v) is 4.88. The second-order valence-electron chi connectivity index (χ2n) is 3.51. The van der Waals surface area contributed by atoms with Crippen molar-refractivity contribution in [2.45, 2.75) is 19.3 Å². The average Bonchev–Trinajstić information content (AvgIpc) is 2.67. The van der Waals surface area contributed by atoms with E-state index in [1.54, 1.807) is 12.4 Å². The van der Waals surface area contributed by atoms with Gasteiger partial charge in [0.05, 0.1) is 5.69 Å². The van der Waals surface area contributed by atoms with Gasteiger partial charge in [-0.05, 0) is 19.5 Å². The Morgan fingerprint density at radius 2 is 2.46 bits per heavy atom. The zero-order valence-corrected chi connectivity index (χ0v) is 7.98. The van der Waals surface area contributed by atoms with Gasteiger partial charge in [0.1, 0.15) is 0 Å². The number of likely N-dealkylation sites (tertiary alicyclic amines) is 1. The lowest BCUT2D eigenvalue weighted by Gasteiger charge is -2.11. The van der Waals surface area contributed by atoms with Crippen LogP contribution in [0.5, 0.6) is 0 Å². The van der Waals surface area contributed by atoms with Gasteiger partial charge in [0.25, 0.3) is 0 Å². The highest BCUT2D eigenvalue weighted by molar-refractivity contribution is 5.06. The van der Waals surface area contributed by atoms with Gasteiger partial charge in [-0.2, -0.15) is 0 Å². The molecule has 0 radical (unpaired) electrons. The van der Waals surface area contributed by atoms with Crippen molar-refractivity contribution in [2.24, 2.45) is 0 Å². The van der Waals surface area contributed by atoms with Gasteiger partial charge in [0, 0.05) is 31.1 Å². The maximum atomic E-state index is 4.34. The quantitative estimate of drug-likeness (QED) is 0.681. The van der Waals surface area contributed by atoms with Crippen molar-refractivity contribution in [3.63, 3.8) is 0 Å². The second-order valence-corrected chi connectivity index (χ2v) is 3.51. The van der Waals surface area contributed by atoms with E-state index in [9.17, 15) is 0 Å². The number of hydrogen-bond donors (Lipinski definition) is 0. The Hall–Kier alpha value is -0.960. The van der Waals surface area contributed by atoms with E-state index >= 15 is 0 Å². The van der Waals surface area contributed by atoms with Crippen LogP contribution in [0.3, 0.4) is 0 Å². The van der Waals surface area contributed by atoms with E-state index in [1.807, 2.05) is 6.20 Å². The summed E-state index contributed by atoms with van der Waals surface area (Å²) < 4.78 is 0. The lowest BCUT2D eigenvalue weighted by molar-refractivity contribution is 0.353. The molecule has 0 amide bonds. The van der Waals surface area contributed by atoms with Crippen molar-refractivity contribution < 1.29 is 0 Å². The van der Waals surface area contributed by atoms with E-state index in [4.69, 9.17) is 0 Å². The zero-order valence-electron chi connectivity index (χ0n) is 7.98. The Morgan fingerprint density at radius 3 is 3.08 bits per heavy atom. The highest BCUT2D eigenvalue weighted by atomic mass is 15.1. The Labute approximate surface area is 78.8 Å². The minimum atomic E-state index is 0.605. The Kier molecular flexibility index (Phi) is 2.54. The molecular formula is C10H15N3. The van der Waals surface area contributed by atoms with Gasteiger partial charge in [0.15, 0.2) is 0 Å². The largest absolute Gasteiger partial charge is 0.303 e. The van der Waals surface area contributed by atoms with Crippen molar-refractivity contribution in [1.29, 1.82) is 0 Å². The number of rotatable bonds is 2. The third-order valence-electron chi connectivity index (χ3n) is 2.72. The van der Waals surface area contributed by atoms with Crippen molar-refractivity contribution >= 4 is 0 Å². The number of hydrogen-bond acceptors (Lipinski definition) is 3. The van der Waals surface area contributed by atoms with Crippen LogP contribution < -0.4 is 0 Å². The minimum Gasteiger partial charge on any atom is -0.303 e. The summed E-state index contributed by atoms with van der Waals surface area (Å²) in [5.41, 5.74) is 1.15. The Morgan fingerprint density at radius 1 is 1.54 bits per heavy atom. The van der Waals surface area contributed by atoms with Crippen LogP contribution in [0.25, 0.3) is 0 Å². The van der Waals surface area contributed by atoms with E-state index in [1.165, 1.54) is 13.0 Å². The van der Waals surface area contributed by atoms with Gasteiger partial charge in [-0.25, -0.2) is 0 Å². The number of aromatic nitrogens is 2. The Bertz CT molecular complexity index is 260. The lowest BCUT2D eigenvalue weighted by Crippen LogP contribution is -2.19. The summed E-state index contributed by atoms with van der Waals surface area (Å²) in [7, 11) is 0. The molecule has 1 aliphatic rings. The van der Waals surface area contributed by atoms with Gasteiger partial charge in [-0.3, -0.25) is 9.97 Å². The minimum absolute atomic E-state index is 0.605. The van der Waals surface area contributed by atoms with Crippen molar-refractivity contribution in [3.8, 4) is 0 Å². The molecule has 3 nitrogen and oxygen atoms in total. The van der Waals surface area contributed by atoms with Gasteiger partial charge >= 0.3 is 0 Å². The second kappa shape index (κ2) is 3.83. The standard InChI is InChI=1S/C10H15N3/c1-2-13-6-3-9(8-13)10-7-11-4-5-12-10/h4-5,7,9H,2-3,6,8H2,1H3. The summed E-state index contributed by atoms with van der Waals surface area (Å²) in [6.07, 6.45) is 6.64. The molecule has 70 valence electrons. The van der Waals surface area contributed by atoms with Crippen molar-refractivity contribution in [2.75, 3.05) is 19.6 Å². The molecule has 1 aliphatic heterocycles. The van der Waals surface area contributed by atoms with E-state index in [0.29, 0.717) is 5.92 Å². The van der Waals surface area contributed by atoms with E-state index in [-0.39, 0.29) is 0 Å². The maximum Gasteiger partial charge on any atom is 0.0630 e. The van der Waals surface area contributed by atoms with Crippen LogP contribution in [0, 0.1) is 0 Å². The summed E-state index contributed by atoms with van der Waals surface area (Å²) in [5.74, 6) is 0.605. The topological polar surface area (TPSA) is 29.0 Å². The van der Waals surface area contributed by atoms with Gasteiger partial charge in [-0.1, -0.05) is 6.92 Å². The molecule has 1 unspecified atom stereocenters. The summed E-state index contributed by atoms with van der Waals surface area (Å²) >= 11 is 0.